The lowest BCUT2D eigenvalue weighted by Gasteiger charge is -2.19. The van der Waals surface area contributed by atoms with E-state index in [2.05, 4.69) is 0 Å². The number of aliphatic hydroxyl groups is 2. The lowest BCUT2D eigenvalue weighted by atomic mass is 10.0. The second-order valence-electron chi connectivity index (χ2n) is 2.57. The molecule has 0 bridgehead atoms. The molecule has 0 aliphatic rings. The van der Waals surface area contributed by atoms with Gasteiger partial charge in [0, 0.05) is 6.04 Å². The van der Waals surface area contributed by atoms with Crippen LogP contribution in [0.1, 0.15) is 13.3 Å². The zero-order chi connectivity index (χ0) is 9.56. The summed E-state index contributed by atoms with van der Waals surface area (Å²) in [5.74, 6) is 0. The number of rotatable bonds is 5. The van der Waals surface area contributed by atoms with Crippen LogP contribution in [0.4, 0.5) is 0 Å². The summed E-state index contributed by atoms with van der Waals surface area (Å²) in [5, 5.41) is 18.4. The molecule has 0 aromatic carbocycles. The number of nitrogens with two attached hydrogens (primary N) is 1. The van der Waals surface area contributed by atoms with E-state index in [1.54, 1.807) is 0 Å². The van der Waals surface area contributed by atoms with Crippen LogP contribution in [0.5, 0.6) is 0 Å². The molecule has 12 heavy (non-hydrogen) atoms. The van der Waals surface area contributed by atoms with Crippen LogP contribution in [0.3, 0.4) is 0 Å². The quantitative estimate of drug-likeness (QED) is 0.375. The molecule has 0 aromatic heterocycles. The van der Waals surface area contributed by atoms with E-state index in [1.807, 2.05) is 6.92 Å². The molecule has 0 aliphatic heterocycles. The van der Waals surface area contributed by atoms with Crippen LogP contribution < -0.4 is 5.73 Å². The Bertz CT molecular complexity index is 158. The summed E-state index contributed by atoms with van der Waals surface area (Å²) < 4.78 is 0. The smallest absolute Gasteiger partial charge is 0.142 e. The van der Waals surface area contributed by atoms with Crippen molar-refractivity contribution >= 4 is 6.29 Å². The maximum Gasteiger partial charge on any atom is 0.142 e. The van der Waals surface area contributed by atoms with E-state index in [1.165, 1.54) is 6.08 Å². The van der Waals surface area contributed by atoms with Crippen LogP contribution in [-0.4, -0.2) is 34.7 Å². The molecule has 0 heterocycles. The van der Waals surface area contributed by atoms with Crippen LogP contribution in [-0.2, 0) is 4.79 Å². The molecule has 0 aliphatic carbocycles. The third-order valence-electron chi connectivity index (χ3n) is 1.65. The summed E-state index contributed by atoms with van der Waals surface area (Å²) in [6.07, 6.45) is 1.39. The molecule has 3 atom stereocenters. The number of aliphatic hydroxyl groups excluding tert-OH is 2. The van der Waals surface area contributed by atoms with Crippen molar-refractivity contribution in [2.24, 2.45) is 5.73 Å². The Balaban J connectivity index is 3.99. The van der Waals surface area contributed by atoms with E-state index in [4.69, 9.17) is 5.73 Å². The minimum Gasteiger partial charge on any atom is -0.388 e. The molecule has 4 heteroatoms. The molecule has 0 aromatic rings. The highest BCUT2D eigenvalue weighted by molar-refractivity contribution is 5.64. The fourth-order valence-corrected chi connectivity index (χ4v) is 0.768. The normalized spacial score (nSPS) is 19.0. The number of allylic oxidation sites excluding steroid dienone is 1. The lowest BCUT2D eigenvalue weighted by molar-refractivity contribution is -0.104. The maximum absolute atomic E-state index is 9.86. The highest BCUT2D eigenvalue weighted by atomic mass is 16.3. The van der Waals surface area contributed by atoms with E-state index in [9.17, 15) is 15.0 Å². The van der Waals surface area contributed by atoms with Gasteiger partial charge in [0.1, 0.15) is 6.29 Å². The third-order valence-corrected chi connectivity index (χ3v) is 1.65. The van der Waals surface area contributed by atoms with Crippen molar-refractivity contribution in [3.05, 3.63) is 12.2 Å². The van der Waals surface area contributed by atoms with Crippen molar-refractivity contribution in [3.63, 3.8) is 0 Å². The van der Waals surface area contributed by atoms with Crippen LogP contribution >= 0.6 is 0 Å². The first kappa shape index (κ1) is 11.3. The van der Waals surface area contributed by atoms with Gasteiger partial charge in [-0.25, -0.2) is 0 Å². The molecule has 0 saturated heterocycles. The first-order chi connectivity index (χ1) is 5.63. The van der Waals surface area contributed by atoms with Crippen LogP contribution in [0.15, 0.2) is 12.2 Å². The topological polar surface area (TPSA) is 83.6 Å². The van der Waals surface area contributed by atoms with Gasteiger partial charge < -0.3 is 15.9 Å². The Labute approximate surface area is 71.7 Å². The summed E-state index contributed by atoms with van der Waals surface area (Å²) in [7, 11) is 0. The Kier molecular flexibility index (Phi) is 5.53. The second kappa shape index (κ2) is 5.88. The standard InChI is InChI=1S/C8H15NO3/c1-2-6(9)8(12)7(11)4-3-5-10/h3-8,11-12H,2,9H2,1H3/b4-3+/t6-,7-,8+/m1/s1. The predicted octanol–water partition coefficient (Wildman–Crippen LogP) is -0.799. The molecule has 0 rings (SSSR count). The first-order valence-corrected chi connectivity index (χ1v) is 3.87. The Morgan fingerprint density at radius 1 is 1.50 bits per heavy atom. The molecule has 0 saturated carbocycles. The van der Waals surface area contributed by atoms with E-state index in [0.29, 0.717) is 12.7 Å². The van der Waals surface area contributed by atoms with Gasteiger partial charge >= 0.3 is 0 Å². The van der Waals surface area contributed by atoms with Crippen molar-refractivity contribution in [3.8, 4) is 0 Å². The Morgan fingerprint density at radius 2 is 2.08 bits per heavy atom. The van der Waals surface area contributed by atoms with Gasteiger partial charge in [-0.15, -0.1) is 0 Å². The largest absolute Gasteiger partial charge is 0.388 e. The highest BCUT2D eigenvalue weighted by Gasteiger charge is 2.19. The van der Waals surface area contributed by atoms with Gasteiger partial charge in [-0.2, -0.15) is 0 Å². The molecule has 4 nitrogen and oxygen atoms in total. The van der Waals surface area contributed by atoms with E-state index in [0.717, 1.165) is 6.08 Å². The summed E-state index contributed by atoms with van der Waals surface area (Å²) in [5.41, 5.74) is 5.46. The Morgan fingerprint density at radius 3 is 2.50 bits per heavy atom. The number of aldehydes is 1. The van der Waals surface area contributed by atoms with Crippen molar-refractivity contribution in [2.45, 2.75) is 31.6 Å². The minimum atomic E-state index is -1.06. The zero-order valence-electron chi connectivity index (χ0n) is 7.05. The highest BCUT2D eigenvalue weighted by Crippen LogP contribution is 2.02. The molecule has 0 amide bonds. The fraction of sp³-hybridized carbons (Fsp3) is 0.625. The number of carbonyl (C=O) groups is 1. The van der Waals surface area contributed by atoms with Crippen LogP contribution in [0, 0.1) is 0 Å². The number of hydrogen-bond acceptors (Lipinski definition) is 4. The molecule has 0 radical (unpaired) electrons. The van der Waals surface area contributed by atoms with Crippen molar-refractivity contribution in [2.75, 3.05) is 0 Å². The fourth-order valence-electron chi connectivity index (χ4n) is 0.768. The molecule has 0 unspecified atom stereocenters. The lowest BCUT2D eigenvalue weighted by Crippen LogP contribution is -2.41. The average molecular weight is 173 g/mol. The van der Waals surface area contributed by atoms with Crippen molar-refractivity contribution in [1.29, 1.82) is 0 Å². The monoisotopic (exact) mass is 173 g/mol. The van der Waals surface area contributed by atoms with Gasteiger partial charge in [0.25, 0.3) is 0 Å². The predicted molar refractivity (Wildman–Crippen MR) is 45.5 cm³/mol. The Hall–Kier alpha value is -0.710. The minimum absolute atomic E-state index is 0.462. The summed E-state index contributed by atoms with van der Waals surface area (Å²) >= 11 is 0. The third kappa shape index (κ3) is 3.61. The first-order valence-electron chi connectivity index (χ1n) is 3.87. The van der Waals surface area contributed by atoms with Crippen LogP contribution in [0.25, 0.3) is 0 Å². The SMILES string of the molecule is CC[C@@H](N)[C@H](O)[C@H](O)/C=C/C=O. The molecule has 4 N–H and O–H groups in total. The van der Waals surface area contributed by atoms with Crippen molar-refractivity contribution < 1.29 is 15.0 Å². The van der Waals surface area contributed by atoms with Gasteiger partial charge in [-0.3, -0.25) is 4.79 Å². The summed E-state index contributed by atoms with van der Waals surface area (Å²) in [6, 6.07) is -0.462. The second-order valence-corrected chi connectivity index (χ2v) is 2.57. The van der Waals surface area contributed by atoms with Gasteiger partial charge in [0.2, 0.25) is 0 Å². The molecule has 70 valence electrons. The van der Waals surface area contributed by atoms with E-state index in [-0.39, 0.29) is 0 Å². The van der Waals surface area contributed by atoms with Gasteiger partial charge in [-0.1, -0.05) is 13.0 Å². The average Bonchev–Trinajstić information content (AvgIpc) is 2.11. The maximum atomic E-state index is 9.86. The molecular weight excluding hydrogens is 158 g/mol. The molecule has 0 spiro atoms. The van der Waals surface area contributed by atoms with E-state index >= 15 is 0 Å². The summed E-state index contributed by atoms with van der Waals surface area (Å²) in [6.45, 7) is 1.81. The number of carbonyl (C=O) groups excluding carboxylic acids is 1. The van der Waals surface area contributed by atoms with Crippen molar-refractivity contribution in [1.82, 2.24) is 0 Å². The van der Waals surface area contributed by atoms with Crippen LogP contribution in [0.2, 0.25) is 0 Å². The van der Waals surface area contributed by atoms with E-state index < -0.39 is 18.2 Å². The van der Waals surface area contributed by atoms with Gasteiger partial charge in [0.15, 0.2) is 0 Å². The molecule has 0 fully saturated rings. The summed E-state index contributed by atoms with van der Waals surface area (Å²) in [4.78, 5) is 9.86. The van der Waals surface area contributed by atoms with Gasteiger partial charge in [-0.05, 0) is 12.5 Å². The number of hydrogen-bond donors (Lipinski definition) is 3. The molecular formula is C8H15NO3. The van der Waals surface area contributed by atoms with Gasteiger partial charge in [0.05, 0.1) is 12.2 Å². The zero-order valence-corrected chi connectivity index (χ0v) is 7.05.